The molecule has 13 heteroatoms. The van der Waals surface area contributed by atoms with Gasteiger partial charge in [-0.25, -0.2) is 0 Å². The maximum absolute atomic E-state index is 13.1. The van der Waals surface area contributed by atoms with Gasteiger partial charge in [0.2, 0.25) is 0 Å². The summed E-state index contributed by atoms with van der Waals surface area (Å²) in [4.78, 5) is 14.3. The van der Waals surface area contributed by atoms with Crippen LogP contribution in [0.25, 0.3) is 23.1 Å². The summed E-state index contributed by atoms with van der Waals surface area (Å²) in [6.45, 7) is 0. The number of aromatic nitrogens is 4. The van der Waals surface area contributed by atoms with Gasteiger partial charge in [-0.15, -0.1) is 5.10 Å². The minimum Gasteiger partial charge on any atom is -0.457 e. The quantitative estimate of drug-likeness (QED) is 0.235. The summed E-state index contributed by atoms with van der Waals surface area (Å²) in [6, 6.07) is 13.0. The van der Waals surface area contributed by atoms with E-state index >= 15 is 0 Å². The van der Waals surface area contributed by atoms with E-state index < -0.39 is 17.6 Å². The Bertz CT molecular complexity index is 1480. The smallest absolute Gasteiger partial charge is 0.416 e. The number of nitrogens with zero attached hydrogens (tertiary/aromatic N) is 5. The van der Waals surface area contributed by atoms with Crippen LogP contribution in [0.4, 0.5) is 18.9 Å². The van der Waals surface area contributed by atoms with Crippen LogP contribution in [0.15, 0.2) is 70.2 Å². The van der Waals surface area contributed by atoms with Crippen molar-refractivity contribution in [2.24, 2.45) is 0 Å². The van der Waals surface area contributed by atoms with Crippen LogP contribution in [-0.4, -0.2) is 30.4 Å². The lowest BCUT2D eigenvalue weighted by molar-refractivity contribution is -0.137. The number of amides is 1. The van der Waals surface area contributed by atoms with Crippen LogP contribution in [0.1, 0.15) is 11.3 Å². The molecule has 1 aliphatic rings. The Kier molecular flexibility index (Phi) is 5.95. The van der Waals surface area contributed by atoms with Crippen molar-refractivity contribution in [3.63, 3.8) is 0 Å². The number of hydrogen-bond acceptors (Lipinski definition) is 7. The SMILES string of the molecule is O=C1/C(=C/c2ccc(-c3ccc(Cl)c(-n4cnnn4)c3)o2)SC(=S)N1c1cccc(C(F)(F)F)c1. The Morgan fingerprint density at radius 2 is 1.94 bits per heavy atom. The molecule has 5 rings (SSSR count). The van der Waals surface area contributed by atoms with Gasteiger partial charge < -0.3 is 4.42 Å². The summed E-state index contributed by atoms with van der Waals surface area (Å²) < 4.78 is 46.7. The van der Waals surface area contributed by atoms with Gasteiger partial charge in [0.05, 0.1) is 26.9 Å². The molecule has 35 heavy (non-hydrogen) atoms. The first kappa shape index (κ1) is 23.3. The Morgan fingerprint density at radius 3 is 2.69 bits per heavy atom. The first-order valence-electron chi connectivity index (χ1n) is 9.79. The van der Waals surface area contributed by atoms with Crippen molar-refractivity contribution < 1.29 is 22.4 Å². The van der Waals surface area contributed by atoms with E-state index in [1.807, 2.05) is 0 Å². The van der Waals surface area contributed by atoms with E-state index in [0.717, 1.165) is 28.8 Å². The molecule has 0 bridgehead atoms. The molecule has 176 valence electrons. The molecule has 0 aliphatic carbocycles. The predicted octanol–water partition coefficient (Wildman–Crippen LogP) is 6.00. The molecule has 1 aliphatic heterocycles. The fraction of sp³-hybridized carbons (Fsp3) is 0.0455. The molecule has 0 unspecified atom stereocenters. The Hall–Kier alpha value is -3.48. The molecule has 0 spiro atoms. The number of alkyl halides is 3. The third-order valence-electron chi connectivity index (χ3n) is 4.95. The van der Waals surface area contributed by atoms with Gasteiger partial charge in [0.15, 0.2) is 4.32 Å². The van der Waals surface area contributed by atoms with E-state index in [2.05, 4.69) is 15.5 Å². The lowest BCUT2D eigenvalue weighted by Gasteiger charge is -2.16. The number of thiocarbonyl (C=S) groups is 1. The molecular formula is C22H11ClF3N5O2S2. The fourth-order valence-electron chi connectivity index (χ4n) is 3.34. The molecular weight excluding hydrogens is 523 g/mol. The van der Waals surface area contributed by atoms with Crippen LogP contribution in [-0.2, 0) is 11.0 Å². The van der Waals surface area contributed by atoms with Gasteiger partial charge in [0.1, 0.15) is 17.8 Å². The normalized spacial score (nSPS) is 15.4. The second kappa shape index (κ2) is 8.95. The fourth-order valence-corrected chi connectivity index (χ4v) is 4.82. The van der Waals surface area contributed by atoms with E-state index in [9.17, 15) is 18.0 Å². The number of hydrogen-bond donors (Lipinski definition) is 0. The summed E-state index contributed by atoms with van der Waals surface area (Å²) in [6.07, 6.45) is -1.64. The zero-order valence-electron chi connectivity index (χ0n) is 17.2. The van der Waals surface area contributed by atoms with E-state index in [0.29, 0.717) is 27.8 Å². The van der Waals surface area contributed by atoms with Crippen LogP contribution in [0.5, 0.6) is 0 Å². The molecule has 1 fully saturated rings. The van der Waals surface area contributed by atoms with Crippen LogP contribution in [0, 0.1) is 0 Å². The van der Waals surface area contributed by atoms with E-state index in [-0.39, 0.29) is 14.9 Å². The van der Waals surface area contributed by atoms with Gasteiger partial charge in [0, 0.05) is 11.6 Å². The molecule has 3 heterocycles. The second-order valence-corrected chi connectivity index (χ2v) is 9.27. The van der Waals surface area contributed by atoms with Gasteiger partial charge >= 0.3 is 6.18 Å². The number of tetrazole rings is 1. The standard InChI is InChI=1S/C22H11ClF3N5O2S2/c23-16-6-4-12(8-17(16)30-11-27-28-29-30)18-7-5-15(33-18)10-19-20(32)31(21(34)35-19)14-3-1-2-13(9-14)22(24,25)26/h1-11H/b19-10-. The summed E-state index contributed by atoms with van der Waals surface area (Å²) in [7, 11) is 0. The molecule has 0 saturated carbocycles. The number of carbonyl (C=O) groups excluding carboxylic acids is 1. The molecule has 1 saturated heterocycles. The van der Waals surface area contributed by atoms with Crippen LogP contribution >= 0.6 is 35.6 Å². The number of thioether (sulfide) groups is 1. The number of carbonyl (C=O) groups is 1. The third-order valence-corrected chi connectivity index (χ3v) is 6.57. The highest BCUT2D eigenvalue weighted by Gasteiger charge is 2.36. The Morgan fingerprint density at radius 1 is 1.11 bits per heavy atom. The van der Waals surface area contributed by atoms with Gasteiger partial charge in [-0.05, 0) is 59.0 Å². The first-order chi connectivity index (χ1) is 16.7. The highest BCUT2D eigenvalue weighted by Crippen LogP contribution is 2.39. The molecule has 0 radical (unpaired) electrons. The second-order valence-electron chi connectivity index (χ2n) is 7.19. The van der Waals surface area contributed by atoms with Crippen LogP contribution in [0.2, 0.25) is 5.02 Å². The number of halogens is 4. The zero-order valence-corrected chi connectivity index (χ0v) is 19.6. The van der Waals surface area contributed by atoms with E-state index in [1.165, 1.54) is 29.2 Å². The summed E-state index contributed by atoms with van der Waals surface area (Å²) in [5.41, 5.74) is 0.417. The highest BCUT2D eigenvalue weighted by atomic mass is 35.5. The largest absolute Gasteiger partial charge is 0.457 e. The molecule has 2 aromatic carbocycles. The predicted molar refractivity (Wildman–Crippen MR) is 129 cm³/mol. The number of rotatable bonds is 4. The molecule has 0 atom stereocenters. The van der Waals surface area contributed by atoms with Gasteiger partial charge in [-0.3, -0.25) is 9.69 Å². The van der Waals surface area contributed by atoms with Crippen molar-refractivity contribution in [3.8, 4) is 17.0 Å². The summed E-state index contributed by atoms with van der Waals surface area (Å²) in [5, 5.41) is 11.5. The molecule has 0 N–H and O–H groups in total. The number of anilines is 1. The van der Waals surface area contributed by atoms with Gasteiger partial charge in [-0.1, -0.05) is 41.6 Å². The first-order valence-corrected chi connectivity index (χ1v) is 11.4. The van der Waals surface area contributed by atoms with Crippen molar-refractivity contribution in [1.82, 2.24) is 20.2 Å². The molecule has 4 aromatic rings. The molecule has 1 amide bonds. The van der Waals surface area contributed by atoms with Crippen LogP contribution < -0.4 is 4.90 Å². The zero-order chi connectivity index (χ0) is 24.7. The molecule has 2 aromatic heterocycles. The Labute approximate surface area is 210 Å². The van der Waals surface area contributed by atoms with E-state index in [4.69, 9.17) is 28.2 Å². The lowest BCUT2D eigenvalue weighted by atomic mass is 10.1. The highest BCUT2D eigenvalue weighted by molar-refractivity contribution is 8.27. The van der Waals surface area contributed by atoms with Crippen molar-refractivity contribution in [2.45, 2.75) is 6.18 Å². The average Bonchev–Trinajstić information content (AvgIpc) is 3.56. The van der Waals surface area contributed by atoms with Gasteiger partial charge in [-0.2, -0.15) is 17.9 Å². The average molecular weight is 534 g/mol. The third kappa shape index (κ3) is 4.59. The minimum atomic E-state index is -4.54. The summed E-state index contributed by atoms with van der Waals surface area (Å²) in [5.74, 6) is 0.323. The van der Waals surface area contributed by atoms with Crippen molar-refractivity contribution in [2.75, 3.05) is 4.90 Å². The Balaban J connectivity index is 1.42. The minimum absolute atomic E-state index is 0.0437. The van der Waals surface area contributed by atoms with Crippen molar-refractivity contribution in [1.29, 1.82) is 0 Å². The molecule has 7 nitrogen and oxygen atoms in total. The maximum Gasteiger partial charge on any atom is 0.416 e. The topological polar surface area (TPSA) is 77.0 Å². The monoisotopic (exact) mass is 533 g/mol. The van der Waals surface area contributed by atoms with Gasteiger partial charge in [0.25, 0.3) is 5.91 Å². The maximum atomic E-state index is 13.1. The number of benzene rings is 2. The van der Waals surface area contributed by atoms with E-state index in [1.54, 1.807) is 30.3 Å². The van der Waals surface area contributed by atoms with Crippen LogP contribution in [0.3, 0.4) is 0 Å². The summed E-state index contributed by atoms with van der Waals surface area (Å²) >= 11 is 12.5. The van der Waals surface area contributed by atoms with Crippen molar-refractivity contribution >= 4 is 57.6 Å². The van der Waals surface area contributed by atoms with Crippen molar-refractivity contribution in [3.05, 3.63) is 82.2 Å². The lowest BCUT2D eigenvalue weighted by Crippen LogP contribution is -2.27. The number of furan rings is 1.